The van der Waals surface area contributed by atoms with Crippen LogP contribution in [0.1, 0.15) is 29.7 Å². The van der Waals surface area contributed by atoms with Gasteiger partial charge in [0.15, 0.2) is 0 Å². The van der Waals surface area contributed by atoms with Crippen LogP contribution in [0.5, 0.6) is 5.75 Å². The van der Waals surface area contributed by atoms with Gasteiger partial charge in [-0.1, -0.05) is 47.1 Å². The molecule has 0 radical (unpaired) electrons. The summed E-state index contributed by atoms with van der Waals surface area (Å²) in [6.07, 6.45) is 1.79. The molecular formula is C17H20BrNO. The van der Waals surface area contributed by atoms with Crippen molar-refractivity contribution in [2.45, 2.75) is 25.8 Å². The standard InChI is InChI=1S/C17H20BrNO/c1-3-12-6-4-5-7-15(12)17(19)11-13-10-14(20-2)8-9-16(13)18/h4-10,17H,3,11,19H2,1-2H3. The number of hydrogen-bond acceptors (Lipinski definition) is 2. The Morgan fingerprint density at radius 2 is 1.90 bits per heavy atom. The van der Waals surface area contributed by atoms with Crippen molar-refractivity contribution in [2.75, 3.05) is 7.11 Å². The summed E-state index contributed by atoms with van der Waals surface area (Å²) in [6, 6.07) is 14.4. The van der Waals surface area contributed by atoms with E-state index in [9.17, 15) is 0 Å². The number of aryl methyl sites for hydroxylation is 1. The van der Waals surface area contributed by atoms with Crippen LogP contribution in [0.2, 0.25) is 0 Å². The molecule has 0 bridgehead atoms. The van der Waals surface area contributed by atoms with Crippen LogP contribution in [0.25, 0.3) is 0 Å². The van der Waals surface area contributed by atoms with Crippen molar-refractivity contribution >= 4 is 15.9 Å². The second kappa shape index (κ2) is 6.91. The molecule has 0 saturated heterocycles. The zero-order chi connectivity index (χ0) is 14.5. The van der Waals surface area contributed by atoms with Crippen LogP contribution in [-0.2, 0) is 12.8 Å². The average molecular weight is 334 g/mol. The molecule has 0 aromatic heterocycles. The topological polar surface area (TPSA) is 35.2 Å². The molecule has 2 rings (SSSR count). The second-order valence-electron chi connectivity index (χ2n) is 4.82. The summed E-state index contributed by atoms with van der Waals surface area (Å²) in [5, 5.41) is 0. The van der Waals surface area contributed by atoms with Crippen molar-refractivity contribution in [2.24, 2.45) is 5.73 Å². The van der Waals surface area contributed by atoms with Crippen LogP contribution in [0.4, 0.5) is 0 Å². The van der Waals surface area contributed by atoms with E-state index in [1.165, 1.54) is 16.7 Å². The monoisotopic (exact) mass is 333 g/mol. The van der Waals surface area contributed by atoms with Crippen molar-refractivity contribution in [1.29, 1.82) is 0 Å². The minimum absolute atomic E-state index is 0.00504. The highest BCUT2D eigenvalue weighted by Crippen LogP contribution is 2.27. The molecule has 2 aromatic carbocycles. The van der Waals surface area contributed by atoms with Gasteiger partial charge in [0.1, 0.15) is 5.75 Å². The van der Waals surface area contributed by atoms with Gasteiger partial charge < -0.3 is 10.5 Å². The SMILES string of the molecule is CCc1ccccc1C(N)Cc1cc(OC)ccc1Br. The molecule has 0 spiro atoms. The minimum Gasteiger partial charge on any atom is -0.497 e. The summed E-state index contributed by atoms with van der Waals surface area (Å²) in [4.78, 5) is 0. The molecule has 1 unspecified atom stereocenters. The highest BCUT2D eigenvalue weighted by atomic mass is 79.9. The first-order chi connectivity index (χ1) is 9.65. The lowest BCUT2D eigenvalue weighted by Gasteiger charge is -2.17. The van der Waals surface area contributed by atoms with E-state index in [2.05, 4.69) is 47.1 Å². The summed E-state index contributed by atoms with van der Waals surface area (Å²) in [5.74, 6) is 0.860. The largest absolute Gasteiger partial charge is 0.497 e. The molecule has 0 saturated carbocycles. The third-order valence-electron chi connectivity index (χ3n) is 3.53. The van der Waals surface area contributed by atoms with E-state index in [4.69, 9.17) is 10.5 Å². The zero-order valence-corrected chi connectivity index (χ0v) is 13.5. The van der Waals surface area contributed by atoms with Crippen molar-refractivity contribution in [1.82, 2.24) is 0 Å². The molecule has 0 aliphatic rings. The number of hydrogen-bond donors (Lipinski definition) is 1. The van der Waals surface area contributed by atoms with Gasteiger partial charge in [0.25, 0.3) is 0 Å². The van der Waals surface area contributed by atoms with E-state index in [0.29, 0.717) is 0 Å². The van der Waals surface area contributed by atoms with Crippen molar-refractivity contribution < 1.29 is 4.74 Å². The lowest BCUT2D eigenvalue weighted by molar-refractivity contribution is 0.414. The van der Waals surface area contributed by atoms with Crippen molar-refractivity contribution in [3.63, 3.8) is 0 Å². The maximum atomic E-state index is 6.40. The van der Waals surface area contributed by atoms with Gasteiger partial charge in [-0.05, 0) is 47.7 Å². The molecule has 20 heavy (non-hydrogen) atoms. The third kappa shape index (κ3) is 3.41. The smallest absolute Gasteiger partial charge is 0.119 e. The normalized spacial score (nSPS) is 12.2. The van der Waals surface area contributed by atoms with Crippen LogP contribution in [0, 0.1) is 0 Å². The number of rotatable bonds is 5. The quantitative estimate of drug-likeness (QED) is 0.887. The second-order valence-corrected chi connectivity index (χ2v) is 5.67. The zero-order valence-electron chi connectivity index (χ0n) is 11.9. The van der Waals surface area contributed by atoms with Gasteiger partial charge in [-0.25, -0.2) is 0 Å². The van der Waals surface area contributed by atoms with Gasteiger partial charge in [0.05, 0.1) is 7.11 Å². The molecule has 2 nitrogen and oxygen atoms in total. The molecule has 2 N–H and O–H groups in total. The summed E-state index contributed by atoms with van der Waals surface area (Å²) in [6.45, 7) is 2.16. The van der Waals surface area contributed by atoms with Gasteiger partial charge in [-0.2, -0.15) is 0 Å². The fourth-order valence-corrected chi connectivity index (χ4v) is 2.81. The molecule has 106 valence electrons. The molecule has 0 aliphatic heterocycles. The van der Waals surface area contributed by atoms with E-state index in [-0.39, 0.29) is 6.04 Å². The molecule has 1 atom stereocenters. The minimum atomic E-state index is -0.00504. The Bertz CT molecular complexity index is 583. The Morgan fingerprint density at radius 3 is 2.60 bits per heavy atom. The molecule has 0 aliphatic carbocycles. The third-order valence-corrected chi connectivity index (χ3v) is 4.30. The predicted octanol–water partition coefficient (Wildman–Crippen LogP) is 4.26. The maximum absolute atomic E-state index is 6.40. The summed E-state index contributed by atoms with van der Waals surface area (Å²) < 4.78 is 6.35. The van der Waals surface area contributed by atoms with E-state index < -0.39 is 0 Å². The molecule has 3 heteroatoms. The van der Waals surface area contributed by atoms with E-state index in [1.807, 2.05) is 18.2 Å². The predicted molar refractivity (Wildman–Crippen MR) is 87.1 cm³/mol. The first kappa shape index (κ1) is 15.1. The Hall–Kier alpha value is -1.32. The maximum Gasteiger partial charge on any atom is 0.119 e. The molecule has 2 aromatic rings. The average Bonchev–Trinajstić information content (AvgIpc) is 2.49. The first-order valence-corrected chi connectivity index (χ1v) is 7.60. The highest BCUT2D eigenvalue weighted by molar-refractivity contribution is 9.10. The number of methoxy groups -OCH3 is 1. The van der Waals surface area contributed by atoms with Crippen LogP contribution in [0.3, 0.4) is 0 Å². The molecular weight excluding hydrogens is 314 g/mol. The highest BCUT2D eigenvalue weighted by Gasteiger charge is 2.13. The van der Waals surface area contributed by atoms with Crippen LogP contribution in [0.15, 0.2) is 46.9 Å². The Labute approximate surface area is 129 Å². The summed E-state index contributed by atoms with van der Waals surface area (Å²) >= 11 is 3.59. The summed E-state index contributed by atoms with van der Waals surface area (Å²) in [5.41, 5.74) is 10.1. The lowest BCUT2D eigenvalue weighted by atomic mass is 9.94. The fraction of sp³-hybridized carbons (Fsp3) is 0.294. The van der Waals surface area contributed by atoms with Crippen LogP contribution >= 0.6 is 15.9 Å². The number of halogens is 1. The van der Waals surface area contributed by atoms with E-state index >= 15 is 0 Å². The molecule has 0 fully saturated rings. The van der Waals surface area contributed by atoms with Crippen LogP contribution in [-0.4, -0.2) is 7.11 Å². The fourth-order valence-electron chi connectivity index (χ4n) is 2.40. The van der Waals surface area contributed by atoms with Crippen molar-refractivity contribution in [3.05, 3.63) is 63.6 Å². The Kier molecular flexibility index (Phi) is 5.21. The van der Waals surface area contributed by atoms with Gasteiger partial charge in [0, 0.05) is 10.5 Å². The van der Waals surface area contributed by atoms with Gasteiger partial charge in [-0.3, -0.25) is 0 Å². The van der Waals surface area contributed by atoms with Gasteiger partial charge in [-0.15, -0.1) is 0 Å². The molecule has 0 heterocycles. The number of benzene rings is 2. The summed E-state index contributed by atoms with van der Waals surface area (Å²) in [7, 11) is 1.68. The molecule has 0 amide bonds. The Morgan fingerprint density at radius 1 is 1.15 bits per heavy atom. The number of ether oxygens (including phenoxy) is 1. The first-order valence-electron chi connectivity index (χ1n) is 6.81. The lowest BCUT2D eigenvalue weighted by Crippen LogP contribution is -2.15. The van der Waals surface area contributed by atoms with E-state index in [0.717, 1.165) is 23.1 Å². The van der Waals surface area contributed by atoms with Gasteiger partial charge in [0.2, 0.25) is 0 Å². The van der Waals surface area contributed by atoms with E-state index in [1.54, 1.807) is 7.11 Å². The number of nitrogens with two attached hydrogens (primary N) is 1. The van der Waals surface area contributed by atoms with Gasteiger partial charge >= 0.3 is 0 Å². The van der Waals surface area contributed by atoms with Crippen molar-refractivity contribution in [3.8, 4) is 5.75 Å². The van der Waals surface area contributed by atoms with Crippen LogP contribution < -0.4 is 10.5 Å². The Balaban J connectivity index is 2.25.